The van der Waals surface area contributed by atoms with Crippen LogP contribution in [0.5, 0.6) is 0 Å². The molecule has 1 aliphatic heterocycles. The molecule has 1 saturated heterocycles. The molecule has 1 amide bonds. The van der Waals surface area contributed by atoms with E-state index in [0.717, 1.165) is 24.0 Å². The number of likely N-dealkylation sites (tertiary alicyclic amines) is 1. The zero-order chi connectivity index (χ0) is 18.1. The number of carbonyl (C=O) groups excluding carboxylic acids is 1. The number of hydrogen-bond donors (Lipinski definition) is 1. The third kappa shape index (κ3) is 3.22. The van der Waals surface area contributed by atoms with Crippen LogP contribution in [0.2, 0.25) is 5.02 Å². The Kier molecular flexibility index (Phi) is 4.47. The van der Waals surface area contributed by atoms with Crippen molar-refractivity contribution in [2.24, 2.45) is 0 Å². The lowest BCUT2D eigenvalue weighted by Gasteiger charge is -2.24. The second-order valence-electron chi connectivity index (χ2n) is 6.38. The number of H-pyrrole nitrogens is 1. The summed E-state index contributed by atoms with van der Waals surface area (Å²) in [5, 5.41) is 7.75. The van der Waals surface area contributed by atoms with Crippen LogP contribution in [0, 0.1) is 5.82 Å². The topological polar surface area (TPSA) is 49.0 Å². The van der Waals surface area contributed by atoms with Crippen LogP contribution in [-0.4, -0.2) is 27.5 Å². The van der Waals surface area contributed by atoms with Crippen LogP contribution in [0.25, 0.3) is 11.3 Å². The number of benzene rings is 2. The van der Waals surface area contributed by atoms with Crippen molar-refractivity contribution in [1.29, 1.82) is 0 Å². The Morgan fingerprint density at radius 3 is 2.62 bits per heavy atom. The molecule has 0 aliphatic carbocycles. The van der Waals surface area contributed by atoms with Crippen LogP contribution in [0.15, 0.2) is 54.6 Å². The van der Waals surface area contributed by atoms with Crippen molar-refractivity contribution < 1.29 is 9.18 Å². The van der Waals surface area contributed by atoms with E-state index in [0.29, 0.717) is 23.0 Å². The summed E-state index contributed by atoms with van der Waals surface area (Å²) in [4.78, 5) is 14.8. The highest BCUT2D eigenvalue weighted by molar-refractivity contribution is 6.30. The van der Waals surface area contributed by atoms with Crippen LogP contribution in [0.4, 0.5) is 4.39 Å². The third-order valence-electron chi connectivity index (χ3n) is 4.72. The maximum Gasteiger partial charge on any atom is 0.272 e. The van der Waals surface area contributed by atoms with E-state index >= 15 is 0 Å². The molecule has 0 unspecified atom stereocenters. The average molecular weight is 370 g/mol. The number of nitrogens with zero attached hydrogens (tertiary/aromatic N) is 2. The standard InChI is InChI=1S/C20H17ClFN3O/c21-15-7-3-13(4-8-15)17-12-18(24-23-17)20(26)25-11-1-2-19(25)14-5-9-16(22)10-6-14/h3-10,12,19H,1-2,11H2,(H,23,24)/t19-/m1/s1. The normalized spacial score (nSPS) is 16.8. The lowest BCUT2D eigenvalue weighted by Crippen LogP contribution is -2.30. The summed E-state index contributed by atoms with van der Waals surface area (Å²) in [5.74, 6) is -0.365. The maximum atomic E-state index is 13.2. The van der Waals surface area contributed by atoms with Crippen LogP contribution in [0.3, 0.4) is 0 Å². The Balaban J connectivity index is 1.57. The quantitative estimate of drug-likeness (QED) is 0.717. The van der Waals surface area contributed by atoms with Crippen LogP contribution < -0.4 is 0 Å². The number of aromatic amines is 1. The number of halogens is 2. The molecule has 3 aromatic rings. The molecule has 2 heterocycles. The molecule has 6 heteroatoms. The minimum atomic E-state index is -0.272. The molecule has 4 nitrogen and oxygen atoms in total. The monoisotopic (exact) mass is 369 g/mol. The van der Waals surface area contributed by atoms with Crippen molar-refractivity contribution in [2.45, 2.75) is 18.9 Å². The summed E-state index contributed by atoms with van der Waals surface area (Å²) < 4.78 is 13.2. The largest absolute Gasteiger partial charge is 0.330 e. The Morgan fingerprint density at radius 1 is 1.15 bits per heavy atom. The molecule has 1 fully saturated rings. The summed E-state index contributed by atoms with van der Waals surface area (Å²) in [6, 6.07) is 15.4. The maximum absolute atomic E-state index is 13.2. The Morgan fingerprint density at radius 2 is 1.88 bits per heavy atom. The first-order valence-electron chi connectivity index (χ1n) is 8.49. The lowest BCUT2D eigenvalue weighted by atomic mass is 10.0. The highest BCUT2D eigenvalue weighted by atomic mass is 35.5. The fraction of sp³-hybridized carbons (Fsp3) is 0.200. The number of carbonyl (C=O) groups is 1. The van der Waals surface area contributed by atoms with Gasteiger partial charge in [-0.2, -0.15) is 5.10 Å². The molecule has 2 aromatic carbocycles. The molecule has 1 atom stereocenters. The van der Waals surface area contributed by atoms with Gasteiger partial charge in [0.2, 0.25) is 0 Å². The fourth-order valence-electron chi connectivity index (χ4n) is 3.40. The molecule has 0 saturated carbocycles. The first-order chi connectivity index (χ1) is 12.6. The van der Waals surface area contributed by atoms with Crippen molar-refractivity contribution in [3.8, 4) is 11.3 Å². The van der Waals surface area contributed by atoms with Gasteiger partial charge in [-0.3, -0.25) is 9.89 Å². The molecular formula is C20H17ClFN3O. The molecule has 0 radical (unpaired) electrons. The van der Waals surface area contributed by atoms with Gasteiger partial charge in [-0.25, -0.2) is 4.39 Å². The number of aromatic nitrogens is 2. The lowest BCUT2D eigenvalue weighted by molar-refractivity contribution is 0.0729. The molecule has 1 aliphatic rings. The van der Waals surface area contributed by atoms with Crippen molar-refractivity contribution in [1.82, 2.24) is 15.1 Å². The van der Waals surface area contributed by atoms with E-state index in [1.54, 1.807) is 30.3 Å². The van der Waals surface area contributed by atoms with E-state index < -0.39 is 0 Å². The summed E-state index contributed by atoms with van der Waals surface area (Å²) in [7, 11) is 0. The molecule has 26 heavy (non-hydrogen) atoms. The Bertz CT molecular complexity index is 921. The Hall–Kier alpha value is -2.66. The SMILES string of the molecule is O=C(c1cc(-c2ccc(Cl)cc2)n[nH]1)N1CCC[C@@H]1c1ccc(F)cc1. The summed E-state index contributed by atoms with van der Waals surface area (Å²) in [5.41, 5.74) is 2.99. The summed E-state index contributed by atoms with van der Waals surface area (Å²) in [6.45, 7) is 0.677. The van der Waals surface area contributed by atoms with E-state index in [9.17, 15) is 9.18 Å². The minimum Gasteiger partial charge on any atom is -0.330 e. The van der Waals surface area contributed by atoms with Gasteiger partial charge in [0.1, 0.15) is 11.5 Å². The van der Waals surface area contributed by atoms with Gasteiger partial charge in [-0.15, -0.1) is 0 Å². The number of nitrogens with one attached hydrogen (secondary N) is 1. The van der Waals surface area contributed by atoms with Crippen LogP contribution >= 0.6 is 11.6 Å². The number of rotatable bonds is 3. The smallest absolute Gasteiger partial charge is 0.272 e. The first-order valence-corrected chi connectivity index (χ1v) is 8.87. The van der Waals surface area contributed by atoms with Crippen molar-refractivity contribution in [3.05, 3.63) is 76.7 Å². The molecule has 1 N–H and O–H groups in total. The summed E-state index contributed by atoms with van der Waals surface area (Å²) >= 11 is 5.91. The number of hydrogen-bond acceptors (Lipinski definition) is 2. The average Bonchev–Trinajstić information content (AvgIpc) is 3.32. The van der Waals surface area contributed by atoms with Crippen molar-refractivity contribution in [2.75, 3.05) is 6.54 Å². The zero-order valence-electron chi connectivity index (χ0n) is 14.0. The molecule has 0 spiro atoms. The van der Waals surface area contributed by atoms with Gasteiger partial charge in [0, 0.05) is 17.1 Å². The van der Waals surface area contributed by atoms with E-state index in [-0.39, 0.29) is 17.8 Å². The van der Waals surface area contributed by atoms with E-state index in [4.69, 9.17) is 11.6 Å². The van der Waals surface area contributed by atoms with Gasteiger partial charge >= 0.3 is 0 Å². The van der Waals surface area contributed by atoms with Gasteiger partial charge in [0.05, 0.1) is 11.7 Å². The van der Waals surface area contributed by atoms with Gasteiger partial charge in [0.25, 0.3) is 5.91 Å². The third-order valence-corrected chi connectivity index (χ3v) is 4.97. The predicted octanol–water partition coefficient (Wildman–Crippen LogP) is 4.85. The molecule has 4 rings (SSSR count). The van der Waals surface area contributed by atoms with Crippen molar-refractivity contribution >= 4 is 17.5 Å². The van der Waals surface area contributed by atoms with Crippen LogP contribution in [0.1, 0.15) is 34.9 Å². The summed E-state index contributed by atoms with van der Waals surface area (Å²) in [6.07, 6.45) is 1.79. The minimum absolute atomic E-state index is 0.0367. The van der Waals surface area contributed by atoms with Crippen LogP contribution in [-0.2, 0) is 0 Å². The number of amides is 1. The van der Waals surface area contributed by atoms with E-state index in [1.165, 1.54) is 12.1 Å². The van der Waals surface area contributed by atoms with Gasteiger partial charge in [-0.05, 0) is 48.7 Å². The molecular weight excluding hydrogens is 353 g/mol. The predicted molar refractivity (Wildman–Crippen MR) is 98.4 cm³/mol. The molecule has 132 valence electrons. The highest BCUT2D eigenvalue weighted by Crippen LogP contribution is 2.33. The second-order valence-corrected chi connectivity index (χ2v) is 6.82. The fourth-order valence-corrected chi connectivity index (χ4v) is 3.52. The molecule has 1 aromatic heterocycles. The van der Waals surface area contributed by atoms with E-state index in [2.05, 4.69) is 10.2 Å². The first kappa shape index (κ1) is 16.8. The van der Waals surface area contributed by atoms with Gasteiger partial charge < -0.3 is 4.90 Å². The van der Waals surface area contributed by atoms with Gasteiger partial charge in [-0.1, -0.05) is 35.9 Å². The van der Waals surface area contributed by atoms with Crippen molar-refractivity contribution in [3.63, 3.8) is 0 Å². The highest BCUT2D eigenvalue weighted by Gasteiger charge is 2.31. The zero-order valence-corrected chi connectivity index (χ0v) is 14.7. The van der Waals surface area contributed by atoms with E-state index in [1.807, 2.05) is 17.0 Å². The molecule has 0 bridgehead atoms. The Labute approximate surface area is 155 Å². The van der Waals surface area contributed by atoms with Gasteiger partial charge in [0.15, 0.2) is 0 Å². The second kappa shape index (κ2) is 6.92.